The highest BCUT2D eigenvalue weighted by Crippen LogP contribution is 2.35. The second kappa shape index (κ2) is 13.5. The van der Waals surface area contributed by atoms with Gasteiger partial charge in [-0.15, -0.1) is 0 Å². The quantitative estimate of drug-likeness (QED) is 0.275. The number of sulfone groups is 1. The predicted molar refractivity (Wildman–Crippen MR) is 112 cm³/mol. The first kappa shape index (κ1) is 25.3. The zero-order valence-corrected chi connectivity index (χ0v) is 18.6. The first-order valence-corrected chi connectivity index (χ1v) is 13.4. The molecule has 8 heteroatoms. The monoisotopic (exact) mass is 434 g/mol. The van der Waals surface area contributed by atoms with Crippen molar-refractivity contribution in [2.24, 2.45) is 0 Å². The number of phosphoric ester groups is 1. The molecule has 0 radical (unpaired) electrons. The van der Waals surface area contributed by atoms with Crippen LogP contribution in [0.25, 0.3) is 0 Å². The Hall–Kier alpha value is -0.720. The van der Waals surface area contributed by atoms with E-state index < -0.39 is 17.7 Å². The van der Waals surface area contributed by atoms with Gasteiger partial charge in [0.1, 0.15) is 0 Å². The molecule has 0 aliphatic heterocycles. The molecule has 0 bridgehead atoms. The Bertz CT molecular complexity index is 681. The number of benzene rings is 1. The van der Waals surface area contributed by atoms with Crippen LogP contribution < -0.4 is 0 Å². The summed E-state index contributed by atoms with van der Waals surface area (Å²) in [5.74, 6) is 0.224. The lowest BCUT2D eigenvalue weighted by Crippen LogP contribution is -2.06. The van der Waals surface area contributed by atoms with Crippen LogP contribution in [0.5, 0.6) is 0 Å². The van der Waals surface area contributed by atoms with Gasteiger partial charge in [0.05, 0.1) is 17.3 Å². The molecule has 0 spiro atoms. The zero-order valence-electron chi connectivity index (χ0n) is 16.9. The maximum atomic E-state index is 12.2. The molecular formula is C20H35O6PS. The van der Waals surface area contributed by atoms with E-state index in [1.807, 2.05) is 19.1 Å². The van der Waals surface area contributed by atoms with Gasteiger partial charge >= 0.3 is 7.82 Å². The minimum absolute atomic E-state index is 0.115. The minimum atomic E-state index is -4.31. The molecular weight excluding hydrogens is 399 g/mol. The minimum Gasteiger partial charge on any atom is -0.303 e. The molecule has 1 aromatic rings. The van der Waals surface area contributed by atoms with Crippen LogP contribution >= 0.6 is 7.82 Å². The first-order valence-electron chi connectivity index (χ1n) is 10.2. The molecule has 1 aromatic carbocycles. The van der Waals surface area contributed by atoms with Gasteiger partial charge in [-0.1, -0.05) is 75.5 Å². The zero-order chi connectivity index (χ0) is 20.9. The van der Waals surface area contributed by atoms with Crippen LogP contribution in [-0.4, -0.2) is 30.6 Å². The summed E-state index contributed by atoms with van der Waals surface area (Å²) >= 11 is 0. The maximum Gasteiger partial charge on any atom is 0.469 e. The van der Waals surface area contributed by atoms with Gasteiger partial charge in [0.2, 0.25) is 0 Å². The summed E-state index contributed by atoms with van der Waals surface area (Å²) in [6.45, 7) is 2.06. The van der Waals surface area contributed by atoms with Crippen LogP contribution in [0.1, 0.15) is 76.2 Å². The molecule has 0 aliphatic carbocycles. The van der Waals surface area contributed by atoms with E-state index in [9.17, 15) is 13.0 Å². The lowest BCUT2D eigenvalue weighted by atomic mass is 10.1. The summed E-state index contributed by atoms with van der Waals surface area (Å²) in [4.78, 5) is 17.5. The summed E-state index contributed by atoms with van der Waals surface area (Å²) in [5.41, 5.74) is 1.06. The molecule has 6 nitrogen and oxygen atoms in total. The van der Waals surface area contributed by atoms with Gasteiger partial charge < -0.3 is 9.79 Å². The highest BCUT2D eigenvalue weighted by atomic mass is 32.2. The van der Waals surface area contributed by atoms with Crippen molar-refractivity contribution in [2.45, 2.75) is 82.4 Å². The Kier molecular flexibility index (Phi) is 12.2. The highest BCUT2D eigenvalue weighted by Gasteiger charge is 2.13. The van der Waals surface area contributed by atoms with Crippen molar-refractivity contribution in [2.75, 3.05) is 12.4 Å². The van der Waals surface area contributed by atoms with Crippen molar-refractivity contribution in [3.8, 4) is 0 Å². The lowest BCUT2D eigenvalue weighted by molar-refractivity contribution is 0.193. The molecule has 162 valence electrons. The third kappa shape index (κ3) is 12.7. The van der Waals surface area contributed by atoms with Gasteiger partial charge in [0.15, 0.2) is 9.84 Å². The number of aryl methyl sites for hydroxylation is 1. The normalized spacial score (nSPS) is 12.4. The van der Waals surface area contributed by atoms with Crippen molar-refractivity contribution in [3.63, 3.8) is 0 Å². The molecule has 1 rings (SSSR count). The molecule has 0 saturated carbocycles. The van der Waals surface area contributed by atoms with Crippen molar-refractivity contribution >= 4 is 17.7 Å². The SMILES string of the molecule is Cc1ccc(S(=O)(=O)CCCCCCCCCCCCCOP(=O)(O)O)cc1. The Morgan fingerprint density at radius 1 is 0.786 bits per heavy atom. The second-order valence-corrected chi connectivity index (χ2v) is 10.7. The average Bonchev–Trinajstić information content (AvgIpc) is 2.61. The molecule has 0 fully saturated rings. The standard InChI is InChI=1S/C20H35O6PS/c1-19-13-15-20(16-14-19)28(24,25)18-12-10-8-6-4-2-3-5-7-9-11-17-26-27(21,22)23/h13-16H,2-12,17-18H2,1H3,(H2,21,22,23). The van der Waals surface area contributed by atoms with Crippen LogP contribution in [0.4, 0.5) is 0 Å². The van der Waals surface area contributed by atoms with Crippen LogP contribution in [0, 0.1) is 6.92 Å². The van der Waals surface area contributed by atoms with E-state index in [-0.39, 0.29) is 12.4 Å². The number of unbranched alkanes of at least 4 members (excludes halogenated alkanes) is 10. The molecule has 2 N–H and O–H groups in total. The molecule has 0 aromatic heterocycles. The lowest BCUT2D eigenvalue weighted by Gasteiger charge is -2.06. The van der Waals surface area contributed by atoms with Gasteiger partial charge in [-0.2, -0.15) is 0 Å². The maximum absolute atomic E-state index is 12.2. The number of rotatable bonds is 16. The third-order valence-electron chi connectivity index (χ3n) is 4.70. The van der Waals surface area contributed by atoms with E-state index in [4.69, 9.17) is 9.79 Å². The summed E-state index contributed by atoms with van der Waals surface area (Å²) < 4.78 is 39.4. The number of phosphoric acid groups is 1. The van der Waals surface area contributed by atoms with Crippen LogP contribution in [0.3, 0.4) is 0 Å². The molecule has 28 heavy (non-hydrogen) atoms. The van der Waals surface area contributed by atoms with Crippen molar-refractivity contribution in [3.05, 3.63) is 29.8 Å². The largest absolute Gasteiger partial charge is 0.469 e. The first-order chi connectivity index (χ1) is 13.2. The van der Waals surface area contributed by atoms with E-state index in [1.165, 1.54) is 19.3 Å². The molecule has 0 unspecified atom stereocenters. The summed E-state index contributed by atoms with van der Waals surface area (Å²) in [6, 6.07) is 7.05. The van der Waals surface area contributed by atoms with Gasteiger partial charge in [-0.3, -0.25) is 4.52 Å². The number of hydrogen-bond acceptors (Lipinski definition) is 4. The second-order valence-electron chi connectivity index (χ2n) is 7.34. The molecule has 0 amide bonds. The van der Waals surface area contributed by atoms with Gasteiger partial charge in [0.25, 0.3) is 0 Å². The Morgan fingerprint density at radius 2 is 1.21 bits per heavy atom. The third-order valence-corrected chi connectivity index (χ3v) is 7.03. The fraction of sp³-hybridized carbons (Fsp3) is 0.700. The van der Waals surface area contributed by atoms with Crippen LogP contribution in [0.15, 0.2) is 29.2 Å². The number of hydrogen-bond donors (Lipinski definition) is 2. The van der Waals surface area contributed by atoms with Gasteiger partial charge in [0, 0.05) is 0 Å². The Balaban J connectivity index is 1.93. The fourth-order valence-corrected chi connectivity index (χ4v) is 4.77. The van der Waals surface area contributed by atoms with Crippen molar-refractivity contribution in [1.29, 1.82) is 0 Å². The molecule has 0 aliphatic rings. The highest BCUT2D eigenvalue weighted by molar-refractivity contribution is 7.91. The topological polar surface area (TPSA) is 101 Å². The predicted octanol–water partition coefficient (Wildman–Crippen LogP) is 5.17. The average molecular weight is 435 g/mol. The van der Waals surface area contributed by atoms with Crippen LogP contribution in [-0.2, 0) is 18.9 Å². The van der Waals surface area contributed by atoms with Crippen molar-refractivity contribution in [1.82, 2.24) is 0 Å². The van der Waals surface area contributed by atoms with E-state index in [1.54, 1.807) is 12.1 Å². The Morgan fingerprint density at radius 3 is 1.68 bits per heavy atom. The van der Waals surface area contributed by atoms with Gasteiger partial charge in [-0.05, 0) is 31.9 Å². The van der Waals surface area contributed by atoms with E-state index in [0.717, 1.165) is 44.1 Å². The van der Waals surface area contributed by atoms with E-state index in [0.29, 0.717) is 17.7 Å². The van der Waals surface area contributed by atoms with Crippen LogP contribution in [0.2, 0.25) is 0 Å². The summed E-state index contributed by atoms with van der Waals surface area (Å²) in [6.07, 6.45) is 11.2. The molecule has 0 heterocycles. The molecule has 0 saturated heterocycles. The summed E-state index contributed by atoms with van der Waals surface area (Å²) in [5, 5.41) is 0. The van der Waals surface area contributed by atoms with E-state index in [2.05, 4.69) is 4.52 Å². The van der Waals surface area contributed by atoms with E-state index >= 15 is 0 Å². The fourth-order valence-electron chi connectivity index (χ4n) is 3.03. The molecule has 0 atom stereocenters. The smallest absolute Gasteiger partial charge is 0.303 e. The van der Waals surface area contributed by atoms with Gasteiger partial charge in [-0.25, -0.2) is 13.0 Å². The Labute approximate surface area is 169 Å². The van der Waals surface area contributed by atoms with Crippen molar-refractivity contribution < 1.29 is 27.3 Å². The summed E-state index contributed by atoms with van der Waals surface area (Å²) in [7, 11) is -7.46.